The van der Waals surface area contributed by atoms with Gasteiger partial charge in [-0.3, -0.25) is 19.7 Å². The van der Waals surface area contributed by atoms with Gasteiger partial charge in [-0.25, -0.2) is 4.90 Å². The number of allylic oxidation sites excluding steroid dienone is 2. The topological polar surface area (TPSA) is 123 Å². The molecule has 0 bridgehead atoms. The number of rotatable bonds is 9. The van der Waals surface area contributed by atoms with Gasteiger partial charge in [0.2, 0.25) is 11.8 Å². The molecule has 9 heteroatoms. The van der Waals surface area contributed by atoms with Gasteiger partial charge in [-0.1, -0.05) is 30.6 Å². The number of nitro groups is 1. The normalized spacial score (nSPS) is 25.2. The Morgan fingerprint density at radius 1 is 1.18 bits per heavy atom. The number of benzene rings is 1. The van der Waals surface area contributed by atoms with Gasteiger partial charge in [-0.15, -0.1) is 0 Å². The van der Waals surface area contributed by atoms with Gasteiger partial charge >= 0.3 is 0 Å². The number of fused-ring (bicyclic) bond motifs is 3. The molecule has 2 saturated heterocycles. The Labute approximate surface area is 220 Å². The van der Waals surface area contributed by atoms with Crippen molar-refractivity contribution in [1.82, 2.24) is 0 Å². The summed E-state index contributed by atoms with van der Waals surface area (Å²) in [5, 5.41) is 20.5. The summed E-state index contributed by atoms with van der Waals surface area (Å²) in [6.45, 7) is 4.39. The molecule has 5 rings (SSSR count). The van der Waals surface area contributed by atoms with E-state index in [0.717, 1.165) is 47.5 Å². The van der Waals surface area contributed by atoms with E-state index in [-0.39, 0.29) is 41.8 Å². The predicted octanol–water partition coefficient (Wildman–Crippen LogP) is 5.18. The van der Waals surface area contributed by atoms with Crippen LogP contribution in [0.3, 0.4) is 0 Å². The lowest BCUT2D eigenvalue weighted by Crippen LogP contribution is -2.34. The van der Waals surface area contributed by atoms with E-state index in [1.165, 1.54) is 23.8 Å². The number of hydrogen-bond acceptors (Lipinski definition) is 7. The number of furan rings is 1. The van der Waals surface area contributed by atoms with Crippen molar-refractivity contribution in [2.45, 2.75) is 58.7 Å². The third-order valence-corrected chi connectivity index (χ3v) is 7.93. The Morgan fingerprint density at radius 2 is 2.00 bits per heavy atom. The van der Waals surface area contributed by atoms with Gasteiger partial charge in [-0.05, 0) is 62.5 Å². The molecule has 0 radical (unpaired) electrons. The molecule has 0 spiro atoms. The monoisotopic (exact) mass is 520 g/mol. The molecule has 1 aliphatic carbocycles. The van der Waals surface area contributed by atoms with Gasteiger partial charge in [-0.2, -0.15) is 0 Å². The Bertz CT molecular complexity index is 1320. The highest BCUT2D eigenvalue weighted by Crippen LogP contribution is 2.50. The second kappa shape index (κ2) is 10.7. The zero-order chi connectivity index (χ0) is 27.0. The fourth-order valence-corrected chi connectivity index (χ4v) is 6.29. The fourth-order valence-electron chi connectivity index (χ4n) is 6.29. The number of nitro benzene ring substituents is 1. The molecular weight excluding hydrogens is 488 g/mol. The van der Waals surface area contributed by atoms with E-state index < -0.39 is 16.8 Å². The van der Waals surface area contributed by atoms with Crippen molar-refractivity contribution in [3.63, 3.8) is 0 Å². The van der Waals surface area contributed by atoms with Crippen LogP contribution >= 0.6 is 0 Å². The summed E-state index contributed by atoms with van der Waals surface area (Å²) in [5.41, 5.74) is 3.55. The number of amides is 2. The van der Waals surface area contributed by atoms with Gasteiger partial charge in [0.15, 0.2) is 0 Å². The number of aliphatic hydroxyl groups excluding tert-OH is 1. The molecule has 2 fully saturated rings. The van der Waals surface area contributed by atoms with Crippen LogP contribution < -0.4 is 4.90 Å². The van der Waals surface area contributed by atoms with Gasteiger partial charge < -0.3 is 14.3 Å². The molecule has 9 nitrogen and oxygen atoms in total. The molecule has 4 atom stereocenters. The summed E-state index contributed by atoms with van der Waals surface area (Å²) in [5.74, 6) is -0.518. The highest BCUT2D eigenvalue weighted by Gasteiger charge is 2.56. The lowest BCUT2D eigenvalue weighted by atomic mass is 9.70. The number of imide groups is 1. The Balaban J connectivity index is 1.34. The van der Waals surface area contributed by atoms with Crippen LogP contribution in [0.4, 0.5) is 11.4 Å². The minimum atomic E-state index is -0.528. The Morgan fingerprint density at radius 3 is 2.71 bits per heavy atom. The smallest absolute Gasteiger partial charge is 0.271 e. The van der Waals surface area contributed by atoms with Gasteiger partial charge in [0.1, 0.15) is 18.1 Å². The quantitative estimate of drug-likeness (QED) is 0.209. The molecule has 1 N–H and O–H groups in total. The summed E-state index contributed by atoms with van der Waals surface area (Å²) in [4.78, 5) is 38.8. The van der Waals surface area contributed by atoms with Crippen molar-refractivity contribution in [3.8, 4) is 0 Å². The van der Waals surface area contributed by atoms with Crippen LogP contribution in [-0.2, 0) is 20.9 Å². The van der Waals surface area contributed by atoms with E-state index in [1.807, 2.05) is 19.1 Å². The molecule has 2 aromatic rings. The highest BCUT2D eigenvalue weighted by molar-refractivity contribution is 6.22. The first-order valence-corrected chi connectivity index (χ1v) is 13.1. The largest absolute Gasteiger partial charge is 0.459 e. The van der Waals surface area contributed by atoms with Crippen LogP contribution in [0.5, 0.6) is 0 Å². The molecule has 2 aliphatic heterocycles. The van der Waals surface area contributed by atoms with E-state index in [4.69, 9.17) is 9.15 Å². The summed E-state index contributed by atoms with van der Waals surface area (Å²) < 4.78 is 11.9. The lowest BCUT2D eigenvalue weighted by molar-refractivity contribution is -0.384. The minimum absolute atomic E-state index is 0.124. The standard InChI is InChI=1S/C29H32N2O7/c1-3-5-18(13-21-9-10-22(15-32)38-21)8-11-25-26-17(2)12-23-27(24(26)16-37-25)29(34)30(28(23)33)19-6-4-7-20(14-19)31(35)36/h4,6-7,9-10,13-14,23-25,27,32H,3,5,8,11-12,15-16H2,1-2H3/b18-13+/t23-,24+,25-,27-/m1/s1. The number of carbonyl (C=O) groups excluding carboxylic acids is 2. The zero-order valence-corrected chi connectivity index (χ0v) is 21.6. The second-order valence-corrected chi connectivity index (χ2v) is 10.3. The maximum Gasteiger partial charge on any atom is 0.271 e. The maximum absolute atomic E-state index is 13.6. The van der Waals surface area contributed by atoms with Crippen molar-refractivity contribution < 1.29 is 28.8 Å². The molecular formula is C29H32N2O7. The van der Waals surface area contributed by atoms with Gasteiger partial charge in [0, 0.05) is 18.1 Å². The molecule has 200 valence electrons. The first kappa shape index (κ1) is 26.1. The molecule has 2 amide bonds. The average Bonchev–Trinajstić information content (AvgIpc) is 3.60. The van der Waals surface area contributed by atoms with E-state index in [1.54, 1.807) is 12.1 Å². The number of non-ortho nitro benzene ring substituents is 1. The fraction of sp³-hybridized carbons (Fsp3) is 0.448. The third-order valence-electron chi connectivity index (χ3n) is 7.93. The average molecular weight is 521 g/mol. The van der Waals surface area contributed by atoms with Crippen molar-refractivity contribution in [3.05, 3.63) is 74.8 Å². The number of ether oxygens (including phenoxy) is 1. The molecule has 3 heterocycles. The molecule has 1 aromatic heterocycles. The third kappa shape index (κ3) is 4.72. The van der Waals surface area contributed by atoms with Crippen LogP contribution in [-0.4, -0.2) is 34.6 Å². The molecule has 0 unspecified atom stereocenters. The van der Waals surface area contributed by atoms with E-state index in [9.17, 15) is 24.8 Å². The summed E-state index contributed by atoms with van der Waals surface area (Å²) in [6.07, 6.45) is 5.86. The van der Waals surface area contributed by atoms with Crippen LogP contribution in [0.2, 0.25) is 0 Å². The Kier molecular flexibility index (Phi) is 7.32. The van der Waals surface area contributed by atoms with E-state index in [2.05, 4.69) is 6.92 Å². The number of nitrogens with zero attached hydrogens (tertiary/aromatic N) is 2. The van der Waals surface area contributed by atoms with Gasteiger partial charge in [0.25, 0.3) is 5.69 Å². The number of anilines is 1. The highest BCUT2D eigenvalue weighted by atomic mass is 16.6. The lowest BCUT2D eigenvalue weighted by Gasteiger charge is -2.30. The summed E-state index contributed by atoms with van der Waals surface area (Å²) in [7, 11) is 0. The van der Waals surface area contributed by atoms with Crippen LogP contribution in [0.15, 0.2) is 57.5 Å². The molecule has 3 aliphatic rings. The number of hydrogen-bond donors (Lipinski definition) is 1. The first-order chi connectivity index (χ1) is 18.3. The van der Waals surface area contributed by atoms with E-state index in [0.29, 0.717) is 18.8 Å². The van der Waals surface area contributed by atoms with Crippen molar-refractivity contribution >= 4 is 29.3 Å². The van der Waals surface area contributed by atoms with Crippen molar-refractivity contribution in [2.75, 3.05) is 11.5 Å². The second-order valence-electron chi connectivity index (χ2n) is 10.3. The van der Waals surface area contributed by atoms with E-state index >= 15 is 0 Å². The summed E-state index contributed by atoms with van der Waals surface area (Å²) >= 11 is 0. The predicted molar refractivity (Wildman–Crippen MR) is 140 cm³/mol. The number of aliphatic hydroxyl groups is 1. The van der Waals surface area contributed by atoms with Crippen LogP contribution in [0.1, 0.15) is 57.5 Å². The van der Waals surface area contributed by atoms with Crippen molar-refractivity contribution in [1.29, 1.82) is 0 Å². The van der Waals surface area contributed by atoms with Gasteiger partial charge in [0.05, 0.1) is 35.2 Å². The molecule has 38 heavy (non-hydrogen) atoms. The molecule has 0 saturated carbocycles. The molecule has 1 aromatic carbocycles. The SMILES string of the molecule is CCC/C(=C\c1ccc(CO)o1)CC[C@H]1OC[C@H]2C1=C(C)C[C@H]1C(=O)N(c3cccc([N+](=O)[O-])c3)C(=O)[C@H]12. The summed E-state index contributed by atoms with van der Waals surface area (Å²) in [6, 6.07) is 9.32. The van der Waals surface area contributed by atoms with Crippen LogP contribution in [0.25, 0.3) is 6.08 Å². The number of carbonyl (C=O) groups is 2. The first-order valence-electron chi connectivity index (χ1n) is 13.1. The maximum atomic E-state index is 13.6. The van der Waals surface area contributed by atoms with Crippen molar-refractivity contribution in [2.24, 2.45) is 17.8 Å². The minimum Gasteiger partial charge on any atom is -0.459 e. The Hall–Kier alpha value is -3.56. The van der Waals surface area contributed by atoms with Crippen LogP contribution in [0, 0.1) is 27.9 Å². The zero-order valence-electron chi connectivity index (χ0n) is 21.6.